The van der Waals surface area contributed by atoms with Gasteiger partial charge in [-0.15, -0.1) is 10.2 Å². The first kappa shape index (κ1) is 14.9. The minimum Gasteiger partial charge on any atom is -0.379 e. The Morgan fingerprint density at radius 3 is 2.80 bits per heavy atom. The fourth-order valence-corrected chi connectivity index (χ4v) is 2.97. The van der Waals surface area contributed by atoms with Gasteiger partial charge in [0.05, 0.1) is 6.10 Å². The monoisotopic (exact) mass is 296 g/mol. The lowest BCUT2D eigenvalue weighted by molar-refractivity contribution is 0.0757. The van der Waals surface area contributed by atoms with E-state index >= 15 is 0 Å². The number of carbonyl (C=O) groups excluding carboxylic acids is 1. The minimum atomic E-state index is -0.0538. The number of thiazole rings is 1. The second kappa shape index (κ2) is 6.32. The van der Waals surface area contributed by atoms with Gasteiger partial charge >= 0.3 is 0 Å². The van der Waals surface area contributed by atoms with E-state index in [1.54, 1.807) is 0 Å². The Morgan fingerprint density at radius 2 is 2.15 bits per heavy atom. The van der Waals surface area contributed by atoms with E-state index in [-0.39, 0.29) is 12.0 Å². The van der Waals surface area contributed by atoms with E-state index in [0.717, 1.165) is 22.9 Å². The minimum absolute atomic E-state index is 0.0538. The molecule has 2 heterocycles. The van der Waals surface area contributed by atoms with Crippen molar-refractivity contribution in [2.24, 2.45) is 0 Å². The third-order valence-corrected chi connectivity index (χ3v) is 4.05. The zero-order valence-electron chi connectivity index (χ0n) is 12.3. The highest BCUT2D eigenvalue weighted by molar-refractivity contribution is 7.19. The number of fused-ring (bicyclic) bond motifs is 1. The average molecular weight is 296 g/mol. The van der Waals surface area contributed by atoms with E-state index in [9.17, 15) is 4.79 Å². The van der Waals surface area contributed by atoms with Crippen molar-refractivity contribution in [3.05, 3.63) is 16.4 Å². The molecule has 0 atom stereocenters. The van der Waals surface area contributed by atoms with Crippen molar-refractivity contribution < 1.29 is 9.53 Å². The van der Waals surface area contributed by atoms with Gasteiger partial charge in [-0.25, -0.2) is 0 Å². The fourth-order valence-electron chi connectivity index (χ4n) is 1.95. The van der Waals surface area contributed by atoms with E-state index < -0.39 is 0 Å². The summed E-state index contributed by atoms with van der Waals surface area (Å²) in [5, 5.41) is 11.0. The molecule has 0 aliphatic rings. The molecule has 0 aromatic carbocycles. The second-order valence-electron chi connectivity index (χ2n) is 4.91. The summed E-state index contributed by atoms with van der Waals surface area (Å²) >= 11 is 1.37. The molecule has 7 heteroatoms. The lowest BCUT2D eigenvalue weighted by Crippen LogP contribution is -2.25. The van der Waals surface area contributed by atoms with Crippen LogP contribution in [0.5, 0.6) is 0 Å². The number of aryl methyl sites for hydroxylation is 2. The van der Waals surface area contributed by atoms with Crippen molar-refractivity contribution in [3.8, 4) is 0 Å². The topological polar surface area (TPSA) is 68.5 Å². The molecular weight excluding hydrogens is 276 g/mol. The Bertz CT molecular complexity index is 603. The average Bonchev–Trinajstić information content (AvgIpc) is 2.90. The van der Waals surface area contributed by atoms with Crippen molar-refractivity contribution in [2.45, 2.75) is 40.2 Å². The largest absolute Gasteiger partial charge is 0.379 e. The number of carbonyl (C=O) groups is 1. The molecule has 0 fully saturated rings. The second-order valence-corrected chi connectivity index (χ2v) is 5.89. The molecule has 1 N–H and O–H groups in total. The van der Waals surface area contributed by atoms with Crippen molar-refractivity contribution in [3.63, 3.8) is 0 Å². The van der Waals surface area contributed by atoms with Crippen LogP contribution < -0.4 is 5.32 Å². The number of aromatic nitrogens is 3. The van der Waals surface area contributed by atoms with Crippen molar-refractivity contribution in [1.29, 1.82) is 0 Å². The number of nitrogens with one attached hydrogen (secondary N) is 1. The fraction of sp³-hybridized carbons (Fsp3) is 0.615. The molecule has 110 valence electrons. The highest BCUT2D eigenvalue weighted by Gasteiger charge is 2.17. The van der Waals surface area contributed by atoms with Crippen LogP contribution in [0.25, 0.3) is 4.96 Å². The first-order valence-electron chi connectivity index (χ1n) is 6.71. The molecule has 6 nitrogen and oxygen atoms in total. The van der Waals surface area contributed by atoms with Gasteiger partial charge in [-0.1, -0.05) is 11.3 Å². The first-order valence-corrected chi connectivity index (χ1v) is 7.53. The van der Waals surface area contributed by atoms with Crippen LogP contribution in [0.15, 0.2) is 0 Å². The molecule has 20 heavy (non-hydrogen) atoms. The Kier molecular flexibility index (Phi) is 4.72. The van der Waals surface area contributed by atoms with Crippen molar-refractivity contribution in [2.75, 3.05) is 13.2 Å². The van der Waals surface area contributed by atoms with Crippen LogP contribution in [0.4, 0.5) is 0 Å². The van der Waals surface area contributed by atoms with Gasteiger partial charge in [0.1, 0.15) is 10.7 Å². The van der Waals surface area contributed by atoms with Gasteiger partial charge in [0.15, 0.2) is 0 Å². The number of hydrogen-bond donors (Lipinski definition) is 1. The van der Waals surface area contributed by atoms with E-state index in [1.165, 1.54) is 11.3 Å². The van der Waals surface area contributed by atoms with Crippen molar-refractivity contribution >= 4 is 22.2 Å². The van der Waals surface area contributed by atoms with E-state index in [2.05, 4.69) is 15.5 Å². The molecule has 0 saturated heterocycles. The maximum absolute atomic E-state index is 12.1. The van der Waals surface area contributed by atoms with E-state index in [4.69, 9.17) is 4.74 Å². The molecule has 1 amide bonds. The van der Waals surface area contributed by atoms with Crippen LogP contribution in [0.2, 0.25) is 0 Å². The van der Waals surface area contributed by atoms with Gasteiger partial charge in [0.2, 0.25) is 4.96 Å². The zero-order chi connectivity index (χ0) is 14.7. The molecule has 2 aromatic rings. The van der Waals surface area contributed by atoms with Crippen LogP contribution in [0.3, 0.4) is 0 Å². The molecular formula is C13H20N4O2S. The Labute approximate surface area is 122 Å². The Balaban J connectivity index is 1.93. The number of nitrogens with zero attached hydrogens (tertiary/aromatic N) is 3. The van der Waals surface area contributed by atoms with Crippen LogP contribution >= 0.6 is 11.3 Å². The van der Waals surface area contributed by atoms with Gasteiger partial charge in [-0.2, -0.15) is 0 Å². The molecule has 0 bridgehead atoms. The summed E-state index contributed by atoms with van der Waals surface area (Å²) in [6, 6.07) is 0. The third kappa shape index (κ3) is 3.16. The summed E-state index contributed by atoms with van der Waals surface area (Å²) in [7, 11) is 0. The van der Waals surface area contributed by atoms with Gasteiger partial charge in [0, 0.05) is 18.8 Å². The van der Waals surface area contributed by atoms with Crippen LogP contribution in [0, 0.1) is 13.8 Å². The number of amides is 1. The molecule has 2 rings (SSSR count). The van der Waals surface area contributed by atoms with E-state index in [1.807, 2.05) is 32.1 Å². The number of hydrogen-bond acceptors (Lipinski definition) is 5. The summed E-state index contributed by atoms with van der Waals surface area (Å²) in [6.45, 7) is 9.07. The van der Waals surface area contributed by atoms with Gasteiger partial charge < -0.3 is 10.1 Å². The number of ether oxygens (including phenoxy) is 1. The number of rotatable bonds is 6. The smallest absolute Gasteiger partial charge is 0.263 e. The first-order chi connectivity index (χ1) is 9.50. The normalized spacial score (nSPS) is 11.4. The quantitative estimate of drug-likeness (QED) is 0.827. The Hall–Kier alpha value is -1.47. The molecule has 0 unspecified atom stereocenters. The highest BCUT2D eigenvalue weighted by Crippen LogP contribution is 2.22. The van der Waals surface area contributed by atoms with Crippen LogP contribution in [-0.4, -0.2) is 39.8 Å². The summed E-state index contributed by atoms with van der Waals surface area (Å²) < 4.78 is 7.34. The SMILES string of the molecule is Cc1nnc2sc(C(=O)NCCCOC(C)C)c(C)n12. The zero-order valence-corrected chi connectivity index (χ0v) is 13.1. The van der Waals surface area contributed by atoms with Gasteiger partial charge in [-0.05, 0) is 34.1 Å². The highest BCUT2D eigenvalue weighted by atomic mass is 32.1. The lowest BCUT2D eigenvalue weighted by atomic mass is 10.3. The third-order valence-electron chi connectivity index (χ3n) is 2.92. The molecule has 0 radical (unpaired) electrons. The summed E-state index contributed by atoms with van der Waals surface area (Å²) in [4.78, 5) is 13.6. The van der Waals surface area contributed by atoms with Crippen molar-refractivity contribution in [1.82, 2.24) is 19.9 Å². The summed E-state index contributed by atoms with van der Waals surface area (Å²) in [5.74, 6) is 0.750. The Morgan fingerprint density at radius 1 is 1.40 bits per heavy atom. The molecule has 0 spiro atoms. The molecule has 0 aliphatic carbocycles. The maximum atomic E-state index is 12.1. The summed E-state index contributed by atoms with van der Waals surface area (Å²) in [6.07, 6.45) is 1.04. The van der Waals surface area contributed by atoms with Gasteiger partial charge in [0.25, 0.3) is 5.91 Å². The lowest BCUT2D eigenvalue weighted by Gasteiger charge is -2.08. The maximum Gasteiger partial charge on any atom is 0.263 e. The summed E-state index contributed by atoms with van der Waals surface area (Å²) in [5.41, 5.74) is 0.892. The molecule has 0 saturated carbocycles. The van der Waals surface area contributed by atoms with E-state index in [0.29, 0.717) is 18.0 Å². The standard InChI is InChI=1S/C13H20N4O2S/c1-8(2)19-7-5-6-14-12(18)11-9(3)17-10(4)15-16-13(17)20-11/h8H,5-7H2,1-4H3,(H,14,18). The molecule has 2 aromatic heterocycles. The van der Waals surface area contributed by atoms with Crippen LogP contribution in [0.1, 0.15) is 41.5 Å². The predicted molar refractivity (Wildman–Crippen MR) is 78.4 cm³/mol. The molecule has 0 aliphatic heterocycles. The predicted octanol–water partition coefficient (Wildman–Crippen LogP) is 1.95. The van der Waals surface area contributed by atoms with Crippen LogP contribution in [-0.2, 0) is 4.74 Å². The van der Waals surface area contributed by atoms with Gasteiger partial charge in [-0.3, -0.25) is 9.20 Å².